The number of hydrogen-bond donors (Lipinski definition) is 0. The molecule has 12 heavy (non-hydrogen) atoms. The van der Waals surface area contributed by atoms with Gasteiger partial charge in [-0.25, -0.2) is 0 Å². The van der Waals surface area contributed by atoms with Crippen LogP contribution in [0.2, 0.25) is 0 Å². The summed E-state index contributed by atoms with van der Waals surface area (Å²) in [6, 6.07) is 0. The van der Waals surface area contributed by atoms with E-state index < -0.39 is 0 Å². The number of ketones is 2. The maximum absolute atomic E-state index is 11.7. The van der Waals surface area contributed by atoms with Crippen LogP contribution in [-0.2, 0) is 9.59 Å². The van der Waals surface area contributed by atoms with E-state index in [0.29, 0.717) is 0 Å². The van der Waals surface area contributed by atoms with Crippen LogP contribution in [-0.4, -0.2) is 11.6 Å². The minimum absolute atomic E-state index is 0.0350. The summed E-state index contributed by atoms with van der Waals surface area (Å²) in [5.41, 5.74) is -0.269. The summed E-state index contributed by atoms with van der Waals surface area (Å²) in [6.07, 6.45) is 2.69. The molecule has 1 atom stereocenters. The Kier molecular flexibility index (Phi) is 2.36. The van der Waals surface area contributed by atoms with Crippen LogP contribution >= 0.6 is 0 Å². The highest BCUT2D eigenvalue weighted by Crippen LogP contribution is 2.35. The predicted octanol–water partition coefficient (Wildman–Crippen LogP) is 1.97. The van der Waals surface area contributed by atoms with Gasteiger partial charge < -0.3 is 0 Å². The molecule has 0 N–H and O–H groups in total. The third kappa shape index (κ3) is 1.57. The molecule has 2 nitrogen and oxygen atoms in total. The normalized spacial score (nSPS) is 28.6. The number of rotatable bonds is 1. The van der Waals surface area contributed by atoms with Gasteiger partial charge in [0.1, 0.15) is 11.6 Å². The Labute approximate surface area is 73.3 Å². The molecular formula is C10H16O2. The van der Waals surface area contributed by atoms with Crippen LogP contribution in [0, 0.1) is 11.3 Å². The zero-order valence-electron chi connectivity index (χ0n) is 8.02. The number of Topliss-reactive ketones (excluding diaryl/α,β-unsaturated/α-hetero) is 2. The van der Waals surface area contributed by atoms with Gasteiger partial charge in [0, 0.05) is 5.41 Å². The molecule has 1 saturated carbocycles. The molecule has 1 fully saturated rings. The largest absolute Gasteiger partial charge is 0.299 e. The van der Waals surface area contributed by atoms with Crippen molar-refractivity contribution in [3.8, 4) is 0 Å². The Morgan fingerprint density at radius 1 is 1.50 bits per heavy atom. The Morgan fingerprint density at radius 3 is 2.50 bits per heavy atom. The van der Waals surface area contributed by atoms with Gasteiger partial charge in [0.25, 0.3) is 0 Å². The predicted molar refractivity (Wildman–Crippen MR) is 46.8 cm³/mol. The summed E-state index contributed by atoms with van der Waals surface area (Å²) in [6.45, 7) is 5.39. The molecule has 68 valence electrons. The minimum atomic E-state index is -0.311. The Morgan fingerprint density at radius 2 is 2.08 bits per heavy atom. The maximum atomic E-state index is 11.7. The van der Waals surface area contributed by atoms with E-state index in [2.05, 4.69) is 0 Å². The van der Waals surface area contributed by atoms with Crippen LogP contribution in [0.4, 0.5) is 0 Å². The van der Waals surface area contributed by atoms with Crippen molar-refractivity contribution in [1.29, 1.82) is 0 Å². The molecule has 0 spiro atoms. The van der Waals surface area contributed by atoms with E-state index in [1.54, 1.807) is 0 Å². The van der Waals surface area contributed by atoms with Crippen molar-refractivity contribution >= 4 is 11.6 Å². The van der Waals surface area contributed by atoms with Crippen molar-refractivity contribution in [2.24, 2.45) is 11.3 Å². The lowest BCUT2D eigenvalue weighted by Crippen LogP contribution is -2.38. The van der Waals surface area contributed by atoms with Crippen molar-refractivity contribution in [2.45, 2.75) is 40.0 Å². The number of hydrogen-bond acceptors (Lipinski definition) is 2. The van der Waals surface area contributed by atoms with Gasteiger partial charge in [0.05, 0.1) is 5.92 Å². The summed E-state index contributed by atoms with van der Waals surface area (Å²) < 4.78 is 0. The van der Waals surface area contributed by atoms with E-state index in [9.17, 15) is 9.59 Å². The first kappa shape index (κ1) is 9.43. The third-order valence-electron chi connectivity index (χ3n) is 2.77. The molecule has 0 aromatic carbocycles. The molecule has 0 aromatic heterocycles. The Bertz CT molecular complexity index is 216. The fraction of sp³-hybridized carbons (Fsp3) is 0.800. The van der Waals surface area contributed by atoms with Crippen LogP contribution in [0.1, 0.15) is 40.0 Å². The molecule has 0 radical (unpaired) electrons. The van der Waals surface area contributed by atoms with E-state index in [-0.39, 0.29) is 22.9 Å². The zero-order valence-corrected chi connectivity index (χ0v) is 8.02. The first-order valence-electron chi connectivity index (χ1n) is 4.50. The SMILES string of the molecule is CC(=O)C1CCCC(C)(C)C1=O. The van der Waals surface area contributed by atoms with Crippen LogP contribution in [0.5, 0.6) is 0 Å². The first-order chi connectivity index (χ1) is 5.45. The molecule has 0 bridgehead atoms. The summed E-state index contributed by atoms with van der Waals surface area (Å²) in [5.74, 6) is -0.136. The van der Waals surface area contributed by atoms with Gasteiger partial charge in [-0.1, -0.05) is 20.3 Å². The monoisotopic (exact) mass is 168 g/mol. The summed E-state index contributed by atoms with van der Waals surface area (Å²) in [4.78, 5) is 22.7. The highest BCUT2D eigenvalue weighted by Gasteiger charge is 2.38. The standard InChI is InChI=1S/C10H16O2/c1-7(11)8-5-4-6-10(2,3)9(8)12/h8H,4-6H2,1-3H3. The third-order valence-corrected chi connectivity index (χ3v) is 2.77. The van der Waals surface area contributed by atoms with Crippen molar-refractivity contribution < 1.29 is 9.59 Å². The Hall–Kier alpha value is -0.660. The molecule has 1 rings (SSSR count). The first-order valence-corrected chi connectivity index (χ1v) is 4.50. The zero-order chi connectivity index (χ0) is 9.35. The van der Waals surface area contributed by atoms with Crippen LogP contribution < -0.4 is 0 Å². The molecule has 0 saturated heterocycles. The van der Waals surface area contributed by atoms with Crippen molar-refractivity contribution in [3.05, 3.63) is 0 Å². The Balaban J connectivity index is 2.80. The van der Waals surface area contributed by atoms with Crippen LogP contribution in [0.15, 0.2) is 0 Å². The molecule has 0 aliphatic heterocycles. The lowest BCUT2D eigenvalue weighted by atomic mass is 9.70. The van der Waals surface area contributed by atoms with E-state index in [4.69, 9.17) is 0 Å². The van der Waals surface area contributed by atoms with Crippen molar-refractivity contribution in [1.82, 2.24) is 0 Å². The molecule has 0 amide bonds. The fourth-order valence-electron chi connectivity index (χ4n) is 1.86. The van der Waals surface area contributed by atoms with Gasteiger partial charge in [-0.05, 0) is 19.8 Å². The quantitative estimate of drug-likeness (QED) is 0.561. The second-order valence-electron chi connectivity index (χ2n) is 4.30. The lowest BCUT2D eigenvalue weighted by Gasteiger charge is -2.32. The maximum Gasteiger partial charge on any atom is 0.148 e. The average Bonchev–Trinajstić information content (AvgIpc) is 1.94. The molecule has 1 aliphatic rings. The summed E-state index contributed by atoms with van der Waals surface area (Å²) in [5, 5.41) is 0. The van der Waals surface area contributed by atoms with E-state index in [0.717, 1.165) is 19.3 Å². The molecule has 0 heterocycles. The van der Waals surface area contributed by atoms with Crippen molar-refractivity contribution in [3.63, 3.8) is 0 Å². The summed E-state index contributed by atoms with van der Waals surface area (Å²) >= 11 is 0. The molecule has 1 unspecified atom stereocenters. The van der Waals surface area contributed by atoms with E-state index in [1.807, 2.05) is 13.8 Å². The van der Waals surface area contributed by atoms with Gasteiger partial charge in [-0.15, -0.1) is 0 Å². The van der Waals surface area contributed by atoms with Crippen LogP contribution in [0.3, 0.4) is 0 Å². The van der Waals surface area contributed by atoms with Gasteiger partial charge in [0.2, 0.25) is 0 Å². The second-order valence-corrected chi connectivity index (χ2v) is 4.30. The molecule has 1 aliphatic carbocycles. The highest BCUT2D eigenvalue weighted by atomic mass is 16.2. The second kappa shape index (κ2) is 3.00. The lowest BCUT2D eigenvalue weighted by molar-refractivity contribution is -0.140. The van der Waals surface area contributed by atoms with Gasteiger partial charge in [0.15, 0.2) is 0 Å². The number of carbonyl (C=O) groups is 2. The minimum Gasteiger partial charge on any atom is -0.299 e. The summed E-state index contributed by atoms with van der Waals surface area (Å²) in [7, 11) is 0. The van der Waals surface area contributed by atoms with Crippen molar-refractivity contribution in [2.75, 3.05) is 0 Å². The molecule has 0 aromatic rings. The topological polar surface area (TPSA) is 34.1 Å². The van der Waals surface area contributed by atoms with E-state index >= 15 is 0 Å². The average molecular weight is 168 g/mol. The highest BCUT2D eigenvalue weighted by molar-refractivity contribution is 6.04. The van der Waals surface area contributed by atoms with Gasteiger partial charge in [-0.2, -0.15) is 0 Å². The molecule has 2 heteroatoms. The fourth-order valence-corrected chi connectivity index (χ4v) is 1.86. The number of carbonyl (C=O) groups excluding carboxylic acids is 2. The van der Waals surface area contributed by atoms with Gasteiger partial charge >= 0.3 is 0 Å². The van der Waals surface area contributed by atoms with Crippen LogP contribution in [0.25, 0.3) is 0 Å². The smallest absolute Gasteiger partial charge is 0.148 e. The molecular weight excluding hydrogens is 152 g/mol. The van der Waals surface area contributed by atoms with Gasteiger partial charge in [-0.3, -0.25) is 9.59 Å². The van der Waals surface area contributed by atoms with E-state index in [1.165, 1.54) is 6.92 Å².